The average Bonchev–Trinajstić information content (AvgIpc) is 3.41. The van der Waals surface area contributed by atoms with Gasteiger partial charge in [-0.25, -0.2) is 0 Å². The lowest BCUT2D eigenvalue weighted by atomic mass is 9.96. The van der Waals surface area contributed by atoms with Crippen molar-refractivity contribution in [1.82, 2.24) is 20.6 Å². The van der Waals surface area contributed by atoms with E-state index in [4.69, 9.17) is 9.05 Å². The number of carbonyl (C=O) groups excluding carboxylic acids is 1. The van der Waals surface area contributed by atoms with Crippen LogP contribution in [-0.4, -0.2) is 51.1 Å². The SMILES string of the molecule is CCNC(=O)c1noc(-c2cc(C(C)C)c(O)cc2O)c1-c1noc(N2CCCCC2)n1. The van der Waals surface area contributed by atoms with Gasteiger partial charge in [0.25, 0.3) is 5.91 Å². The fourth-order valence-electron chi connectivity index (χ4n) is 3.85. The second-order valence-corrected chi connectivity index (χ2v) is 8.13. The average molecular weight is 441 g/mol. The van der Waals surface area contributed by atoms with Gasteiger partial charge in [0, 0.05) is 25.7 Å². The highest BCUT2D eigenvalue weighted by Gasteiger charge is 2.30. The smallest absolute Gasteiger partial charge is 0.324 e. The molecule has 10 nitrogen and oxygen atoms in total. The van der Waals surface area contributed by atoms with Crippen molar-refractivity contribution in [3.63, 3.8) is 0 Å². The Morgan fingerprint density at radius 1 is 1.12 bits per heavy atom. The molecule has 0 saturated carbocycles. The molecule has 2 aromatic heterocycles. The normalized spacial score (nSPS) is 14.2. The molecule has 1 saturated heterocycles. The Hall–Kier alpha value is -3.56. The molecule has 0 radical (unpaired) electrons. The summed E-state index contributed by atoms with van der Waals surface area (Å²) in [5, 5.41) is 31.5. The third-order valence-corrected chi connectivity index (χ3v) is 5.52. The van der Waals surface area contributed by atoms with Crippen LogP contribution in [0.3, 0.4) is 0 Å². The quantitative estimate of drug-likeness (QED) is 0.523. The Bertz CT molecular complexity index is 1110. The molecule has 3 N–H and O–H groups in total. The van der Waals surface area contributed by atoms with Crippen LogP contribution in [0.25, 0.3) is 22.7 Å². The van der Waals surface area contributed by atoms with Crippen LogP contribution in [0.4, 0.5) is 6.01 Å². The summed E-state index contributed by atoms with van der Waals surface area (Å²) in [5.41, 5.74) is 1.10. The highest BCUT2D eigenvalue weighted by Crippen LogP contribution is 2.42. The summed E-state index contributed by atoms with van der Waals surface area (Å²) in [5.74, 6) is -0.452. The fraction of sp³-hybridized carbons (Fsp3) is 0.455. The zero-order valence-corrected chi connectivity index (χ0v) is 18.4. The van der Waals surface area contributed by atoms with Gasteiger partial charge in [0.05, 0.1) is 5.56 Å². The molecule has 0 spiro atoms. The van der Waals surface area contributed by atoms with Gasteiger partial charge in [0.15, 0.2) is 11.5 Å². The minimum atomic E-state index is -0.454. The number of aromatic nitrogens is 3. The van der Waals surface area contributed by atoms with Crippen LogP contribution in [0.2, 0.25) is 0 Å². The van der Waals surface area contributed by atoms with Crippen molar-refractivity contribution in [3.05, 3.63) is 23.4 Å². The Morgan fingerprint density at radius 2 is 1.88 bits per heavy atom. The predicted octanol–water partition coefficient (Wildman–Crippen LogP) is 3.67. The summed E-state index contributed by atoms with van der Waals surface area (Å²) in [7, 11) is 0. The van der Waals surface area contributed by atoms with E-state index < -0.39 is 5.91 Å². The number of anilines is 1. The van der Waals surface area contributed by atoms with Gasteiger partial charge in [-0.15, -0.1) is 0 Å². The molecule has 0 aliphatic carbocycles. The number of phenols is 2. The van der Waals surface area contributed by atoms with Crippen LogP contribution in [0.15, 0.2) is 21.2 Å². The summed E-state index contributed by atoms with van der Waals surface area (Å²) >= 11 is 0. The van der Waals surface area contributed by atoms with E-state index in [1.165, 1.54) is 6.07 Å². The molecule has 0 atom stereocenters. The first-order valence-electron chi connectivity index (χ1n) is 10.8. The third kappa shape index (κ3) is 4.00. The van der Waals surface area contributed by atoms with Gasteiger partial charge >= 0.3 is 6.01 Å². The number of hydrogen-bond donors (Lipinski definition) is 3. The standard InChI is InChI=1S/C22H27N5O5/c1-4-23-21(30)18-17(20-24-22(32-26-20)27-8-6-5-7-9-27)19(31-25-18)14-10-13(12(2)3)15(28)11-16(14)29/h10-12,28-29H,4-9H2,1-3H3,(H,23,30). The molecule has 1 aliphatic rings. The highest BCUT2D eigenvalue weighted by atomic mass is 16.5. The maximum Gasteiger partial charge on any atom is 0.324 e. The number of benzene rings is 1. The molecular formula is C22H27N5O5. The van der Waals surface area contributed by atoms with E-state index in [0.717, 1.165) is 32.4 Å². The van der Waals surface area contributed by atoms with Gasteiger partial charge in [-0.1, -0.05) is 24.2 Å². The molecule has 3 heterocycles. The van der Waals surface area contributed by atoms with Crippen molar-refractivity contribution in [2.45, 2.75) is 46.0 Å². The number of nitrogens with one attached hydrogen (secondary N) is 1. The molecule has 1 aliphatic heterocycles. The molecule has 4 rings (SSSR count). The van der Waals surface area contributed by atoms with Gasteiger partial charge in [-0.3, -0.25) is 4.79 Å². The number of carbonyl (C=O) groups is 1. The van der Waals surface area contributed by atoms with Gasteiger partial charge in [-0.05, 0) is 43.7 Å². The van der Waals surface area contributed by atoms with Gasteiger partial charge in [-0.2, -0.15) is 4.98 Å². The number of nitrogens with zero attached hydrogens (tertiary/aromatic N) is 4. The number of phenolic OH excluding ortho intramolecular Hbond substituents is 2. The van der Waals surface area contributed by atoms with Crippen LogP contribution in [-0.2, 0) is 0 Å². The van der Waals surface area contributed by atoms with Crippen molar-refractivity contribution in [3.8, 4) is 34.2 Å². The first-order chi connectivity index (χ1) is 15.4. The van der Waals surface area contributed by atoms with E-state index in [9.17, 15) is 15.0 Å². The third-order valence-electron chi connectivity index (χ3n) is 5.52. The van der Waals surface area contributed by atoms with Gasteiger partial charge in [0.2, 0.25) is 5.82 Å². The molecule has 1 fully saturated rings. The Balaban J connectivity index is 1.85. The number of hydrogen-bond acceptors (Lipinski definition) is 9. The summed E-state index contributed by atoms with van der Waals surface area (Å²) in [6.07, 6.45) is 3.24. The van der Waals surface area contributed by atoms with Crippen molar-refractivity contribution in [1.29, 1.82) is 0 Å². The van der Waals surface area contributed by atoms with E-state index in [1.54, 1.807) is 13.0 Å². The molecule has 170 valence electrons. The monoisotopic (exact) mass is 441 g/mol. The second kappa shape index (κ2) is 8.89. The molecule has 1 aromatic carbocycles. The molecular weight excluding hydrogens is 414 g/mol. The number of piperidine rings is 1. The van der Waals surface area contributed by atoms with E-state index in [1.807, 2.05) is 18.7 Å². The second-order valence-electron chi connectivity index (χ2n) is 8.13. The summed E-state index contributed by atoms with van der Waals surface area (Å²) < 4.78 is 11.0. The van der Waals surface area contributed by atoms with Crippen LogP contribution in [0.1, 0.15) is 62.0 Å². The zero-order chi connectivity index (χ0) is 22.8. The molecule has 0 unspecified atom stereocenters. The van der Waals surface area contributed by atoms with E-state index in [-0.39, 0.29) is 45.8 Å². The lowest BCUT2D eigenvalue weighted by molar-refractivity contribution is 0.0947. The number of aromatic hydroxyl groups is 2. The van der Waals surface area contributed by atoms with Gasteiger partial charge < -0.3 is 29.5 Å². The summed E-state index contributed by atoms with van der Waals surface area (Å²) in [6.45, 7) is 7.66. The number of rotatable bonds is 6. The van der Waals surface area contributed by atoms with Crippen molar-refractivity contribution in [2.24, 2.45) is 0 Å². The van der Waals surface area contributed by atoms with E-state index >= 15 is 0 Å². The lowest BCUT2D eigenvalue weighted by Crippen LogP contribution is -2.29. The summed E-state index contributed by atoms with van der Waals surface area (Å²) in [6, 6.07) is 3.23. The Morgan fingerprint density at radius 3 is 2.56 bits per heavy atom. The Labute approximate surface area is 185 Å². The lowest BCUT2D eigenvalue weighted by Gasteiger charge is -2.23. The van der Waals surface area contributed by atoms with Gasteiger partial charge in [0.1, 0.15) is 17.1 Å². The van der Waals surface area contributed by atoms with E-state index in [2.05, 4.69) is 20.6 Å². The van der Waals surface area contributed by atoms with Crippen molar-refractivity contribution < 1.29 is 24.1 Å². The van der Waals surface area contributed by atoms with Crippen LogP contribution < -0.4 is 10.2 Å². The predicted molar refractivity (Wildman–Crippen MR) is 117 cm³/mol. The largest absolute Gasteiger partial charge is 0.508 e. The molecule has 3 aromatic rings. The van der Waals surface area contributed by atoms with Crippen LogP contribution >= 0.6 is 0 Å². The highest BCUT2D eigenvalue weighted by molar-refractivity contribution is 6.01. The molecule has 0 bridgehead atoms. The minimum Gasteiger partial charge on any atom is -0.508 e. The minimum absolute atomic E-state index is 0.00795. The van der Waals surface area contributed by atoms with Crippen molar-refractivity contribution >= 4 is 11.9 Å². The molecule has 10 heteroatoms. The maximum absolute atomic E-state index is 12.7. The van der Waals surface area contributed by atoms with Crippen molar-refractivity contribution in [2.75, 3.05) is 24.5 Å². The van der Waals surface area contributed by atoms with Crippen LogP contribution in [0.5, 0.6) is 11.5 Å². The summed E-state index contributed by atoms with van der Waals surface area (Å²) in [4.78, 5) is 19.2. The van der Waals surface area contributed by atoms with Crippen LogP contribution in [0, 0.1) is 0 Å². The number of amides is 1. The first-order valence-corrected chi connectivity index (χ1v) is 10.8. The fourth-order valence-corrected chi connectivity index (χ4v) is 3.85. The maximum atomic E-state index is 12.7. The molecule has 32 heavy (non-hydrogen) atoms. The zero-order valence-electron chi connectivity index (χ0n) is 18.4. The molecule has 1 amide bonds. The Kier molecular flexibility index (Phi) is 6.02. The van der Waals surface area contributed by atoms with E-state index in [0.29, 0.717) is 18.1 Å². The first kappa shape index (κ1) is 21.7. The topological polar surface area (TPSA) is 138 Å².